The average Bonchev–Trinajstić information content (AvgIpc) is 2.89. The summed E-state index contributed by atoms with van der Waals surface area (Å²) in [6.07, 6.45) is 0. The van der Waals surface area contributed by atoms with E-state index in [1.807, 2.05) is 37.4 Å². The monoisotopic (exact) mass is 303 g/mol. The Morgan fingerprint density at radius 2 is 2.14 bits per heavy atom. The van der Waals surface area contributed by atoms with E-state index in [4.69, 9.17) is 0 Å². The van der Waals surface area contributed by atoms with Crippen molar-refractivity contribution in [1.29, 1.82) is 0 Å². The van der Waals surface area contributed by atoms with E-state index in [9.17, 15) is 4.79 Å². The van der Waals surface area contributed by atoms with E-state index in [0.717, 1.165) is 23.5 Å². The molecule has 0 aliphatic rings. The molecule has 1 aromatic heterocycles. The molecule has 0 unspecified atom stereocenters. The molecular formula is C16H21N3OS. The zero-order valence-corrected chi connectivity index (χ0v) is 13.7. The molecule has 0 spiro atoms. The molecule has 0 atom stereocenters. The van der Waals surface area contributed by atoms with Crippen molar-refractivity contribution in [3.8, 4) is 0 Å². The van der Waals surface area contributed by atoms with Crippen molar-refractivity contribution in [2.75, 3.05) is 17.2 Å². The number of nitrogens with one attached hydrogen (secondary N) is 2. The highest BCUT2D eigenvalue weighted by atomic mass is 32.1. The van der Waals surface area contributed by atoms with E-state index in [0.29, 0.717) is 16.6 Å². The minimum Gasteiger partial charge on any atom is -0.385 e. The van der Waals surface area contributed by atoms with Crippen LogP contribution in [0.1, 0.15) is 48.3 Å². The number of nitrogens with zero attached hydrogens (tertiary/aromatic N) is 1. The minimum absolute atomic E-state index is 0.126. The maximum absolute atomic E-state index is 12.5. The largest absolute Gasteiger partial charge is 0.385 e. The van der Waals surface area contributed by atoms with Gasteiger partial charge >= 0.3 is 0 Å². The Labute approximate surface area is 129 Å². The van der Waals surface area contributed by atoms with Gasteiger partial charge in [0.25, 0.3) is 5.91 Å². The summed E-state index contributed by atoms with van der Waals surface area (Å²) in [6, 6.07) is 5.83. The summed E-state index contributed by atoms with van der Waals surface area (Å²) in [4.78, 5) is 16.9. The molecule has 0 fully saturated rings. The third-order valence-corrected chi connectivity index (χ3v) is 3.90. The fourth-order valence-electron chi connectivity index (χ4n) is 1.96. The number of carbonyl (C=O) groups is 1. The zero-order valence-electron chi connectivity index (χ0n) is 12.9. The molecule has 0 bridgehead atoms. The van der Waals surface area contributed by atoms with Gasteiger partial charge in [0.05, 0.1) is 11.3 Å². The maximum atomic E-state index is 12.5. The summed E-state index contributed by atoms with van der Waals surface area (Å²) < 4.78 is 0. The summed E-state index contributed by atoms with van der Waals surface area (Å²) in [5.74, 6) is 0.238. The lowest BCUT2D eigenvalue weighted by molar-refractivity contribution is 0.102. The van der Waals surface area contributed by atoms with Gasteiger partial charge in [-0.25, -0.2) is 4.98 Å². The fraction of sp³-hybridized carbons (Fsp3) is 0.375. The molecule has 2 N–H and O–H groups in total. The van der Waals surface area contributed by atoms with Gasteiger partial charge < -0.3 is 5.32 Å². The highest BCUT2D eigenvalue weighted by Crippen LogP contribution is 2.23. The van der Waals surface area contributed by atoms with E-state index < -0.39 is 0 Å². The number of thiazole rings is 1. The van der Waals surface area contributed by atoms with Crippen molar-refractivity contribution in [1.82, 2.24) is 4.98 Å². The van der Waals surface area contributed by atoms with Crippen LogP contribution in [0.5, 0.6) is 0 Å². The molecule has 1 amide bonds. The van der Waals surface area contributed by atoms with Crippen LogP contribution in [-0.4, -0.2) is 17.4 Å². The number of amides is 1. The smallest absolute Gasteiger partial charge is 0.259 e. The molecule has 112 valence electrons. The van der Waals surface area contributed by atoms with E-state index >= 15 is 0 Å². The van der Waals surface area contributed by atoms with Crippen LogP contribution in [0.25, 0.3) is 0 Å². The van der Waals surface area contributed by atoms with Crippen molar-refractivity contribution in [2.24, 2.45) is 0 Å². The molecular weight excluding hydrogens is 282 g/mol. The first-order valence-corrected chi connectivity index (χ1v) is 8.00. The SMILES string of the molecule is CCNc1ccc(C)cc1C(=O)Nc1nc(C(C)C)cs1. The fourth-order valence-corrected chi connectivity index (χ4v) is 2.83. The topological polar surface area (TPSA) is 54.0 Å². The first kappa shape index (κ1) is 15.5. The van der Waals surface area contributed by atoms with Gasteiger partial charge in [0.2, 0.25) is 0 Å². The van der Waals surface area contributed by atoms with Crippen LogP contribution < -0.4 is 10.6 Å². The summed E-state index contributed by atoms with van der Waals surface area (Å²) in [5, 5.41) is 8.74. The van der Waals surface area contributed by atoms with Gasteiger partial charge in [0.1, 0.15) is 0 Å². The number of hydrogen-bond donors (Lipinski definition) is 2. The van der Waals surface area contributed by atoms with Gasteiger partial charge in [-0.2, -0.15) is 0 Å². The highest BCUT2D eigenvalue weighted by molar-refractivity contribution is 7.14. The lowest BCUT2D eigenvalue weighted by atomic mass is 10.1. The molecule has 21 heavy (non-hydrogen) atoms. The number of rotatable bonds is 5. The van der Waals surface area contributed by atoms with Crippen LogP contribution in [0.2, 0.25) is 0 Å². The normalized spacial score (nSPS) is 10.7. The Hall–Kier alpha value is -1.88. The van der Waals surface area contributed by atoms with Gasteiger partial charge in [0, 0.05) is 17.6 Å². The van der Waals surface area contributed by atoms with E-state index in [1.54, 1.807) is 0 Å². The van der Waals surface area contributed by atoms with Crippen molar-refractivity contribution < 1.29 is 4.79 Å². The van der Waals surface area contributed by atoms with Crippen LogP contribution in [-0.2, 0) is 0 Å². The van der Waals surface area contributed by atoms with E-state index in [2.05, 4.69) is 29.5 Å². The first-order valence-electron chi connectivity index (χ1n) is 7.12. The molecule has 5 heteroatoms. The molecule has 0 aliphatic carbocycles. The molecule has 0 radical (unpaired) electrons. The van der Waals surface area contributed by atoms with Crippen LogP contribution in [0.15, 0.2) is 23.6 Å². The number of benzene rings is 1. The summed E-state index contributed by atoms with van der Waals surface area (Å²) in [6.45, 7) is 8.94. The standard InChI is InChI=1S/C16H21N3OS/c1-5-17-13-7-6-11(4)8-12(13)15(20)19-16-18-14(9-21-16)10(2)3/h6-10,17H,5H2,1-4H3,(H,18,19,20). The Morgan fingerprint density at radius 1 is 1.38 bits per heavy atom. The van der Waals surface area contributed by atoms with Gasteiger partial charge in [-0.15, -0.1) is 11.3 Å². The predicted molar refractivity (Wildman–Crippen MR) is 89.5 cm³/mol. The second kappa shape index (κ2) is 6.72. The van der Waals surface area contributed by atoms with Gasteiger partial charge in [-0.3, -0.25) is 10.1 Å². The average molecular weight is 303 g/mol. The highest BCUT2D eigenvalue weighted by Gasteiger charge is 2.14. The van der Waals surface area contributed by atoms with E-state index in [-0.39, 0.29) is 5.91 Å². The molecule has 0 aliphatic heterocycles. The minimum atomic E-state index is -0.126. The summed E-state index contributed by atoms with van der Waals surface area (Å²) in [5.41, 5.74) is 3.56. The van der Waals surface area contributed by atoms with Crippen LogP contribution in [0.4, 0.5) is 10.8 Å². The van der Waals surface area contributed by atoms with Crippen molar-refractivity contribution in [2.45, 2.75) is 33.6 Å². The number of anilines is 2. The van der Waals surface area contributed by atoms with E-state index in [1.165, 1.54) is 11.3 Å². The molecule has 1 heterocycles. The number of aromatic nitrogens is 1. The summed E-state index contributed by atoms with van der Waals surface area (Å²) in [7, 11) is 0. The lowest BCUT2D eigenvalue weighted by Crippen LogP contribution is -2.15. The molecule has 0 saturated carbocycles. The van der Waals surface area contributed by atoms with Crippen LogP contribution >= 0.6 is 11.3 Å². The van der Waals surface area contributed by atoms with Crippen LogP contribution in [0, 0.1) is 6.92 Å². The Balaban J connectivity index is 2.21. The van der Waals surface area contributed by atoms with Gasteiger partial charge in [-0.05, 0) is 31.9 Å². The Morgan fingerprint density at radius 3 is 2.76 bits per heavy atom. The van der Waals surface area contributed by atoms with Crippen molar-refractivity contribution in [3.63, 3.8) is 0 Å². The summed E-state index contributed by atoms with van der Waals surface area (Å²) >= 11 is 1.46. The molecule has 0 saturated heterocycles. The van der Waals surface area contributed by atoms with Crippen molar-refractivity contribution >= 4 is 28.1 Å². The second-order valence-electron chi connectivity index (χ2n) is 5.27. The van der Waals surface area contributed by atoms with Crippen molar-refractivity contribution in [3.05, 3.63) is 40.4 Å². The third-order valence-electron chi connectivity index (χ3n) is 3.12. The second-order valence-corrected chi connectivity index (χ2v) is 6.12. The van der Waals surface area contributed by atoms with Gasteiger partial charge in [0.15, 0.2) is 5.13 Å². The number of hydrogen-bond acceptors (Lipinski definition) is 4. The Kier molecular flexibility index (Phi) is 4.96. The number of aryl methyl sites for hydroxylation is 1. The first-order chi connectivity index (χ1) is 10.0. The molecule has 4 nitrogen and oxygen atoms in total. The predicted octanol–water partition coefficient (Wildman–Crippen LogP) is 4.26. The zero-order chi connectivity index (χ0) is 15.4. The lowest BCUT2D eigenvalue weighted by Gasteiger charge is -2.11. The quantitative estimate of drug-likeness (QED) is 0.867. The van der Waals surface area contributed by atoms with Crippen LogP contribution in [0.3, 0.4) is 0 Å². The third kappa shape index (κ3) is 3.82. The number of carbonyl (C=O) groups excluding carboxylic acids is 1. The van der Waals surface area contributed by atoms with Gasteiger partial charge in [-0.1, -0.05) is 25.5 Å². The maximum Gasteiger partial charge on any atom is 0.259 e. The molecule has 1 aromatic carbocycles. The molecule has 2 rings (SSSR count). The Bertz CT molecular complexity index is 634. The molecule has 2 aromatic rings.